The Morgan fingerprint density at radius 1 is 0.909 bits per heavy atom. The maximum Gasteiger partial charge on any atom is 0.241 e. The van der Waals surface area contributed by atoms with E-state index in [0.717, 1.165) is 11.1 Å². The van der Waals surface area contributed by atoms with Crippen LogP contribution in [0.25, 0.3) is 0 Å². The number of benzene rings is 3. The van der Waals surface area contributed by atoms with Crippen LogP contribution in [0.3, 0.4) is 0 Å². The molecule has 0 aliphatic heterocycles. The van der Waals surface area contributed by atoms with Gasteiger partial charge in [0, 0.05) is 24.2 Å². The molecule has 0 spiro atoms. The SMILES string of the molecule is COc1ccc(NC(=O)CCc2ccc(S(=O)(=O)N[C@@H](C)c3ccccc3)cc2)cc1OC. The van der Waals surface area contributed by atoms with Crippen LogP contribution in [0.4, 0.5) is 5.69 Å². The van der Waals surface area contributed by atoms with E-state index in [1.54, 1.807) is 56.5 Å². The minimum absolute atomic E-state index is 0.155. The van der Waals surface area contributed by atoms with Gasteiger partial charge < -0.3 is 14.8 Å². The third-order valence-corrected chi connectivity index (χ3v) is 6.73. The number of anilines is 1. The molecule has 3 rings (SSSR count). The summed E-state index contributed by atoms with van der Waals surface area (Å²) in [5.41, 5.74) is 2.36. The van der Waals surface area contributed by atoms with Gasteiger partial charge in [-0.25, -0.2) is 13.1 Å². The van der Waals surface area contributed by atoms with Crippen molar-refractivity contribution in [1.82, 2.24) is 4.72 Å². The van der Waals surface area contributed by atoms with Crippen LogP contribution in [-0.2, 0) is 21.2 Å². The molecule has 0 aliphatic rings. The van der Waals surface area contributed by atoms with Crippen LogP contribution in [0.15, 0.2) is 77.7 Å². The van der Waals surface area contributed by atoms with Crippen molar-refractivity contribution >= 4 is 21.6 Å². The van der Waals surface area contributed by atoms with E-state index >= 15 is 0 Å². The van der Waals surface area contributed by atoms with Crippen LogP contribution in [-0.4, -0.2) is 28.5 Å². The lowest BCUT2D eigenvalue weighted by Crippen LogP contribution is -2.26. The summed E-state index contributed by atoms with van der Waals surface area (Å²) in [6.07, 6.45) is 0.733. The van der Waals surface area contributed by atoms with Gasteiger partial charge in [0.1, 0.15) is 0 Å². The summed E-state index contributed by atoms with van der Waals surface area (Å²) in [6, 6.07) is 20.8. The van der Waals surface area contributed by atoms with E-state index in [2.05, 4.69) is 10.0 Å². The third kappa shape index (κ3) is 6.57. The van der Waals surface area contributed by atoms with E-state index < -0.39 is 10.0 Å². The predicted molar refractivity (Wildman–Crippen MR) is 128 cm³/mol. The minimum Gasteiger partial charge on any atom is -0.493 e. The Bertz CT molecular complexity index is 1180. The average molecular weight is 469 g/mol. The zero-order valence-corrected chi connectivity index (χ0v) is 19.7. The van der Waals surface area contributed by atoms with Crippen molar-refractivity contribution in [2.75, 3.05) is 19.5 Å². The topological polar surface area (TPSA) is 93.7 Å². The molecule has 0 saturated carbocycles. The fraction of sp³-hybridized carbons (Fsp3) is 0.240. The van der Waals surface area contributed by atoms with E-state index in [4.69, 9.17) is 9.47 Å². The number of hydrogen-bond acceptors (Lipinski definition) is 5. The maximum atomic E-state index is 12.7. The predicted octanol–water partition coefficient (Wildman–Crippen LogP) is 4.31. The van der Waals surface area contributed by atoms with Crippen LogP contribution in [0.2, 0.25) is 0 Å². The highest BCUT2D eigenvalue weighted by Crippen LogP contribution is 2.29. The second kappa shape index (κ2) is 11.0. The molecule has 8 heteroatoms. The smallest absolute Gasteiger partial charge is 0.241 e. The normalized spacial score (nSPS) is 12.1. The monoisotopic (exact) mass is 468 g/mol. The zero-order valence-electron chi connectivity index (χ0n) is 18.9. The van der Waals surface area contributed by atoms with Crippen molar-refractivity contribution in [2.24, 2.45) is 0 Å². The first kappa shape index (κ1) is 24.3. The number of methoxy groups -OCH3 is 2. The molecule has 3 aromatic rings. The highest BCUT2D eigenvalue weighted by atomic mass is 32.2. The Morgan fingerprint density at radius 3 is 2.21 bits per heavy atom. The number of rotatable bonds is 10. The van der Waals surface area contributed by atoms with E-state index in [1.165, 1.54) is 7.11 Å². The first-order chi connectivity index (χ1) is 15.8. The van der Waals surface area contributed by atoms with E-state index in [0.29, 0.717) is 23.6 Å². The molecule has 0 saturated heterocycles. The molecular formula is C25H28N2O5S. The van der Waals surface area contributed by atoms with Crippen molar-refractivity contribution in [1.29, 1.82) is 0 Å². The van der Waals surface area contributed by atoms with Gasteiger partial charge in [0.2, 0.25) is 15.9 Å². The lowest BCUT2D eigenvalue weighted by molar-refractivity contribution is -0.116. The third-order valence-electron chi connectivity index (χ3n) is 5.17. The molecule has 0 fully saturated rings. The molecule has 0 heterocycles. The summed E-state index contributed by atoms with van der Waals surface area (Å²) in [5, 5.41) is 2.83. The van der Waals surface area contributed by atoms with Gasteiger partial charge >= 0.3 is 0 Å². The molecule has 174 valence electrons. The number of hydrogen-bond donors (Lipinski definition) is 2. The van der Waals surface area contributed by atoms with Crippen molar-refractivity contribution in [3.05, 3.63) is 83.9 Å². The van der Waals surface area contributed by atoms with Crippen molar-refractivity contribution in [3.8, 4) is 11.5 Å². The van der Waals surface area contributed by atoms with Crippen LogP contribution in [0.5, 0.6) is 11.5 Å². The highest BCUT2D eigenvalue weighted by Gasteiger charge is 2.18. The van der Waals surface area contributed by atoms with Gasteiger partial charge in [-0.1, -0.05) is 42.5 Å². The van der Waals surface area contributed by atoms with Crippen molar-refractivity contribution in [3.63, 3.8) is 0 Å². The lowest BCUT2D eigenvalue weighted by atomic mass is 10.1. The molecule has 1 atom stereocenters. The molecule has 0 unspecified atom stereocenters. The fourth-order valence-electron chi connectivity index (χ4n) is 3.34. The molecule has 0 aromatic heterocycles. The van der Waals surface area contributed by atoms with Gasteiger partial charge in [-0.05, 0) is 48.7 Å². The van der Waals surface area contributed by atoms with Gasteiger partial charge in [0.05, 0.1) is 19.1 Å². The van der Waals surface area contributed by atoms with E-state index in [1.807, 2.05) is 30.3 Å². The number of carbonyl (C=O) groups excluding carboxylic acids is 1. The van der Waals surface area contributed by atoms with Gasteiger partial charge in [0.15, 0.2) is 11.5 Å². The average Bonchev–Trinajstić information content (AvgIpc) is 2.83. The molecular weight excluding hydrogens is 440 g/mol. The second-order valence-electron chi connectivity index (χ2n) is 7.52. The maximum absolute atomic E-state index is 12.7. The molecule has 3 aromatic carbocycles. The van der Waals surface area contributed by atoms with Crippen molar-refractivity contribution in [2.45, 2.75) is 30.7 Å². The summed E-state index contributed by atoms with van der Waals surface area (Å²) in [5.74, 6) is 0.956. The minimum atomic E-state index is -3.66. The van der Waals surface area contributed by atoms with Crippen molar-refractivity contribution < 1.29 is 22.7 Å². The van der Waals surface area contributed by atoms with Crippen LogP contribution in [0, 0.1) is 0 Å². The molecule has 2 N–H and O–H groups in total. The van der Waals surface area contributed by atoms with Gasteiger partial charge in [-0.2, -0.15) is 0 Å². The lowest BCUT2D eigenvalue weighted by Gasteiger charge is -2.15. The number of carbonyl (C=O) groups is 1. The Hall–Kier alpha value is -3.36. The number of aryl methyl sites for hydroxylation is 1. The summed E-state index contributed by atoms with van der Waals surface area (Å²) in [4.78, 5) is 12.5. The Balaban J connectivity index is 1.56. The molecule has 7 nitrogen and oxygen atoms in total. The van der Waals surface area contributed by atoms with E-state index in [-0.39, 0.29) is 23.3 Å². The Labute approximate surface area is 194 Å². The number of amides is 1. The first-order valence-electron chi connectivity index (χ1n) is 10.5. The number of ether oxygens (including phenoxy) is 2. The highest BCUT2D eigenvalue weighted by molar-refractivity contribution is 7.89. The van der Waals surface area contributed by atoms with E-state index in [9.17, 15) is 13.2 Å². The number of sulfonamides is 1. The number of nitrogens with one attached hydrogen (secondary N) is 2. The fourth-order valence-corrected chi connectivity index (χ4v) is 4.57. The molecule has 0 aliphatic carbocycles. The first-order valence-corrected chi connectivity index (χ1v) is 12.0. The molecule has 33 heavy (non-hydrogen) atoms. The summed E-state index contributed by atoms with van der Waals surface area (Å²) < 4.78 is 38.5. The largest absolute Gasteiger partial charge is 0.493 e. The quantitative estimate of drug-likeness (QED) is 0.462. The summed E-state index contributed by atoms with van der Waals surface area (Å²) >= 11 is 0. The Morgan fingerprint density at radius 2 is 1.58 bits per heavy atom. The Kier molecular flexibility index (Phi) is 8.08. The van der Waals surface area contributed by atoms with Crippen LogP contribution >= 0.6 is 0 Å². The zero-order chi connectivity index (χ0) is 23.8. The second-order valence-corrected chi connectivity index (χ2v) is 9.23. The molecule has 0 bridgehead atoms. The van der Waals surface area contributed by atoms with Crippen LogP contribution in [0.1, 0.15) is 30.5 Å². The van der Waals surface area contributed by atoms with Gasteiger partial charge in [0.25, 0.3) is 0 Å². The summed E-state index contributed by atoms with van der Waals surface area (Å²) in [6.45, 7) is 1.80. The van der Waals surface area contributed by atoms with Gasteiger partial charge in [-0.15, -0.1) is 0 Å². The molecule has 0 radical (unpaired) electrons. The standard InChI is InChI=1S/C25H28N2O5S/c1-18(20-7-5-4-6-8-20)27-33(29,30)22-13-9-19(10-14-22)11-16-25(28)26-21-12-15-23(31-2)24(17-21)32-3/h4-10,12-15,17-18,27H,11,16H2,1-3H3,(H,26,28)/t18-/m0/s1. The summed E-state index contributed by atoms with van der Waals surface area (Å²) in [7, 11) is -0.579. The molecule has 1 amide bonds. The van der Waals surface area contributed by atoms with Crippen LogP contribution < -0.4 is 19.5 Å². The van der Waals surface area contributed by atoms with Gasteiger partial charge in [-0.3, -0.25) is 4.79 Å².